The van der Waals surface area contributed by atoms with Gasteiger partial charge < -0.3 is 30.7 Å². The van der Waals surface area contributed by atoms with E-state index in [0.717, 1.165) is 23.2 Å². The van der Waals surface area contributed by atoms with Gasteiger partial charge in [-0.05, 0) is 41.6 Å². The van der Waals surface area contributed by atoms with Crippen molar-refractivity contribution in [3.8, 4) is 5.88 Å². The Balaban J connectivity index is 1.62. The molecule has 0 spiro atoms. The van der Waals surface area contributed by atoms with Crippen LogP contribution in [-0.4, -0.2) is 45.5 Å². The average Bonchev–Trinajstić information content (AvgIpc) is 3.13. The standard InChI is InChI=1S/C21H25BN6O3/c1-13-9-17-15(11-23)6-4-8-18(17)28(13)21-25-19(20(31-2)26-27-21)24-12-14-5-3-7-16(10-14)22(29)30/h3-8,10,13,29-30H,9,11-12,23H2,1-2H3,(H,24,25,27). The van der Waals surface area contributed by atoms with E-state index in [2.05, 4.69) is 32.3 Å². The summed E-state index contributed by atoms with van der Waals surface area (Å²) in [6.45, 7) is 3.01. The second-order valence-corrected chi connectivity index (χ2v) is 7.48. The van der Waals surface area contributed by atoms with Crippen molar-refractivity contribution < 1.29 is 14.8 Å². The number of anilines is 3. The summed E-state index contributed by atoms with van der Waals surface area (Å²) < 4.78 is 5.33. The van der Waals surface area contributed by atoms with E-state index in [0.29, 0.717) is 30.3 Å². The summed E-state index contributed by atoms with van der Waals surface area (Å²) in [6.07, 6.45) is 0.858. The Morgan fingerprint density at radius 1 is 1.23 bits per heavy atom. The molecule has 31 heavy (non-hydrogen) atoms. The Morgan fingerprint density at radius 2 is 2.03 bits per heavy atom. The SMILES string of the molecule is COc1nnc(N2c3cccc(CN)c3CC2C)nc1NCc1cccc(B(O)O)c1. The van der Waals surface area contributed by atoms with Gasteiger partial charge in [-0.25, -0.2) is 0 Å². The van der Waals surface area contributed by atoms with E-state index in [9.17, 15) is 10.0 Å². The molecule has 160 valence electrons. The van der Waals surface area contributed by atoms with E-state index in [4.69, 9.17) is 10.5 Å². The summed E-state index contributed by atoms with van der Waals surface area (Å²) >= 11 is 0. The van der Waals surface area contributed by atoms with Gasteiger partial charge in [0.1, 0.15) is 0 Å². The van der Waals surface area contributed by atoms with Crippen molar-refractivity contribution in [3.63, 3.8) is 0 Å². The van der Waals surface area contributed by atoms with Crippen molar-refractivity contribution in [2.24, 2.45) is 5.73 Å². The zero-order chi connectivity index (χ0) is 22.0. The van der Waals surface area contributed by atoms with Crippen LogP contribution in [0.4, 0.5) is 17.5 Å². The first-order chi connectivity index (χ1) is 15.0. The molecule has 0 fully saturated rings. The van der Waals surface area contributed by atoms with Crippen molar-refractivity contribution in [1.29, 1.82) is 0 Å². The maximum atomic E-state index is 9.39. The van der Waals surface area contributed by atoms with Crippen molar-refractivity contribution in [2.75, 3.05) is 17.3 Å². The van der Waals surface area contributed by atoms with Gasteiger partial charge in [0.15, 0.2) is 5.82 Å². The third-order valence-electron chi connectivity index (χ3n) is 5.43. The van der Waals surface area contributed by atoms with Crippen LogP contribution >= 0.6 is 0 Å². The van der Waals surface area contributed by atoms with Crippen LogP contribution in [0, 0.1) is 0 Å². The molecule has 0 radical (unpaired) electrons. The van der Waals surface area contributed by atoms with E-state index in [1.807, 2.05) is 24.3 Å². The van der Waals surface area contributed by atoms with E-state index in [1.165, 1.54) is 12.7 Å². The van der Waals surface area contributed by atoms with E-state index in [1.54, 1.807) is 18.2 Å². The number of hydrogen-bond donors (Lipinski definition) is 4. The number of methoxy groups -OCH3 is 1. The summed E-state index contributed by atoms with van der Waals surface area (Å²) in [5.41, 5.74) is 10.6. The highest BCUT2D eigenvalue weighted by molar-refractivity contribution is 6.58. The number of nitrogens with zero attached hydrogens (tertiary/aromatic N) is 4. The molecule has 10 heteroatoms. The first kappa shape index (κ1) is 21.0. The Bertz CT molecular complexity index is 1080. The molecular weight excluding hydrogens is 395 g/mol. The molecular formula is C21H25BN6O3. The number of hydrogen-bond acceptors (Lipinski definition) is 9. The highest BCUT2D eigenvalue weighted by atomic mass is 16.5. The van der Waals surface area contributed by atoms with Crippen LogP contribution in [0.3, 0.4) is 0 Å². The Hall–Kier alpha value is -3.21. The van der Waals surface area contributed by atoms with Gasteiger partial charge in [-0.1, -0.05) is 36.4 Å². The molecule has 4 rings (SSSR count). The minimum atomic E-state index is -1.52. The summed E-state index contributed by atoms with van der Waals surface area (Å²) in [5.74, 6) is 1.21. The molecule has 0 saturated carbocycles. The molecule has 9 nitrogen and oxygen atoms in total. The Morgan fingerprint density at radius 3 is 2.77 bits per heavy atom. The lowest BCUT2D eigenvalue weighted by Gasteiger charge is -2.23. The third-order valence-corrected chi connectivity index (χ3v) is 5.43. The van der Waals surface area contributed by atoms with Crippen LogP contribution in [0.2, 0.25) is 0 Å². The molecule has 0 amide bonds. The fraction of sp³-hybridized carbons (Fsp3) is 0.286. The van der Waals surface area contributed by atoms with Gasteiger partial charge in [-0.3, -0.25) is 0 Å². The molecule has 2 aromatic carbocycles. The number of benzene rings is 2. The summed E-state index contributed by atoms with van der Waals surface area (Å²) in [5, 5.41) is 30.5. The smallest absolute Gasteiger partial charge is 0.477 e. The second-order valence-electron chi connectivity index (χ2n) is 7.48. The average molecular weight is 420 g/mol. The highest BCUT2D eigenvalue weighted by Gasteiger charge is 2.31. The molecule has 0 saturated heterocycles. The molecule has 1 aliphatic rings. The maximum absolute atomic E-state index is 9.39. The summed E-state index contributed by atoms with van der Waals surface area (Å²) in [6, 6.07) is 13.3. The quantitative estimate of drug-likeness (QED) is 0.409. The maximum Gasteiger partial charge on any atom is 0.488 e. The number of rotatable bonds is 7. The van der Waals surface area contributed by atoms with Crippen LogP contribution in [0.5, 0.6) is 5.88 Å². The van der Waals surface area contributed by atoms with Crippen molar-refractivity contribution in [3.05, 3.63) is 59.2 Å². The molecule has 1 aromatic heterocycles. The molecule has 0 bridgehead atoms. The predicted octanol–water partition coefficient (Wildman–Crippen LogP) is 0.713. The number of nitrogens with one attached hydrogen (secondary N) is 1. The molecule has 2 heterocycles. The lowest BCUT2D eigenvalue weighted by molar-refractivity contribution is 0.391. The number of aromatic nitrogens is 3. The third kappa shape index (κ3) is 4.18. The Kier molecular flexibility index (Phi) is 6.03. The van der Waals surface area contributed by atoms with Crippen LogP contribution < -0.4 is 26.2 Å². The van der Waals surface area contributed by atoms with Crippen molar-refractivity contribution in [1.82, 2.24) is 15.2 Å². The van der Waals surface area contributed by atoms with E-state index in [-0.39, 0.29) is 11.9 Å². The first-order valence-corrected chi connectivity index (χ1v) is 10.1. The van der Waals surface area contributed by atoms with E-state index < -0.39 is 7.12 Å². The van der Waals surface area contributed by atoms with Crippen LogP contribution in [0.25, 0.3) is 0 Å². The molecule has 3 aromatic rings. The van der Waals surface area contributed by atoms with Crippen molar-refractivity contribution in [2.45, 2.75) is 32.5 Å². The first-order valence-electron chi connectivity index (χ1n) is 10.1. The van der Waals surface area contributed by atoms with E-state index >= 15 is 0 Å². The van der Waals surface area contributed by atoms with Gasteiger partial charge in [0.05, 0.1) is 7.11 Å². The summed E-state index contributed by atoms with van der Waals surface area (Å²) in [4.78, 5) is 6.75. The van der Waals surface area contributed by atoms with Crippen LogP contribution in [0.15, 0.2) is 42.5 Å². The summed E-state index contributed by atoms with van der Waals surface area (Å²) in [7, 11) is -0.00225. The fourth-order valence-electron chi connectivity index (χ4n) is 3.91. The number of ether oxygens (including phenoxy) is 1. The van der Waals surface area contributed by atoms with Crippen molar-refractivity contribution >= 4 is 30.0 Å². The van der Waals surface area contributed by atoms with Gasteiger partial charge in [0.25, 0.3) is 11.8 Å². The van der Waals surface area contributed by atoms with Gasteiger partial charge in [0, 0.05) is 24.8 Å². The molecule has 1 unspecified atom stereocenters. The molecule has 1 atom stereocenters. The second kappa shape index (κ2) is 8.89. The molecule has 5 N–H and O–H groups in total. The minimum absolute atomic E-state index is 0.161. The zero-order valence-electron chi connectivity index (χ0n) is 17.5. The molecule has 0 aliphatic carbocycles. The zero-order valence-corrected chi connectivity index (χ0v) is 17.5. The Labute approximate surface area is 181 Å². The van der Waals surface area contributed by atoms with Crippen LogP contribution in [0.1, 0.15) is 23.6 Å². The van der Waals surface area contributed by atoms with Gasteiger partial charge in [-0.15, -0.1) is 10.2 Å². The highest BCUT2D eigenvalue weighted by Crippen LogP contribution is 2.39. The lowest BCUT2D eigenvalue weighted by Crippen LogP contribution is -2.30. The van der Waals surface area contributed by atoms with Gasteiger partial charge in [0.2, 0.25) is 0 Å². The topological polar surface area (TPSA) is 130 Å². The molecule has 1 aliphatic heterocycles. The number of fused-ring (bicyclic) bond motifs is 1. The van der Waals surface area contributed by atoms with Crippen LogP contribution in [-0.2, 0) is 19.5 Å². The number of nitrogens with two attached hydrogens (primary N) is 1. The fourth-order valence-corrected chi connectivity index (χ4v) is 3.91. The predicted molar refractivity (Wildman–Crippen MR) is 120 cm³/mol. The largest absolute Gasteiger partial charge is 0.488 e. The normalized spacial score (nSPS) is 15.0. The minimum Gasteiger partial charge on any atom is -0.477 e. The lowest BCUT2D eigenvalue weighted by atomic mass is 9.80. The van der Waals surface area contributed by atoms with Gasteiger partial charge in [-0.2, -0.15) is 4.98 Å². The van der Waals surface area contributed by atoms with Gasteiger partial charge >= 0.3 is 7.12 Å². The monoisotopic (exact) mass is 420 g/mol.